The summed E-state index contributed by atoms with van der Waals surface area (Å²) in [5, 5.41) is 0. The number of hydrogen-bond acceptors (Lipinski definition) is 9. The second-order valence-corrected chi connectivity index (χ2v) is 7.41. The largest absolute Gasteiger partial charge is 0.385 e. The van der Waals surface area contributed by atoms with Crippen molar-refractivity contribution in [2.24, 2.45) is 0 Å². The molecule has 0 bridgehead atoms. The van der Waals surface area contributed by atoms with Gasteiger partial charge in [-0.05, 0) is 13.8 Å². The van der Waals surface area contributed by atoms with Crippen molar-refractivity contribution in [3.8, 4) is 11.4 Å². The van der Waals surface area contributed by atoms with Gasteiger partial charge in [-0.2, -0.15) is 0 Å². The van der Waals surface area contributed by atoms with Crippen LogP contribution in [0.25, 0.3) is 11.4 Å². The van der Waals surface area contributed by atoms with Crippen LogP contribution in [0, 0.1) is 0 Å². The van der Waals surface area contributed by atoms with Crippen molar-refractivity contribution in [2.75, 3.05) is 44.1 Å². The highest BCUT2D eigenvalue weighted by molar-refractivity contribution is 5.61. The third-order valence-corrected chi connectivity index (χ3v) is 5.37. The molecule has 4 heterocycles. The quantitative estimate of drug-likeness (QED) is 0.818. The van der Waals surface area contributed by atoms with Crippen molar-refractivity contribution in [1.29, 1.82) is 0 Å². The smallest absolute Gasteiger partial charge is 0.219 e. The average Bonchev–Trinajstić information content (AvgIpc) is 3.04. The predicted octanol–water partition coefficient (Wildman–Crippen LogP) is 1.52. The first-order valence-corrected chi connectivity index (χ1v) is 9.48. The van der Waals surface area contributed by atoms with Crippen LogP contribution in [0.15, 0.2) is 12.4 Å². The van der Waals surface area contributed by atoms with Gasteiger partial charge in [0.1, 0.15) is 11.4 Å². The van der Waals surface area contributed by atoms with E-state index in [1.807, 2.05) is 0 Å². The molecule has 0 aliphatic carbocycles. The van der Waals surface area contributed by atoms with E-state index in [9.17, 15) is 0 Å². The SMILES string of the molecule is COCCC1(C)OCc2c(N3CCOC[C@@H]3C)nc(-c3cnc(N)nc3)nc21. The van der Waals surface area contributed by atoms with Crippen LogP contribution in [-0.4, -0.2) is 59.5 Å². The number of rotatable bonds is 5. The number of methoxy groups -OCH3 is 1. The fraction of sp³-hybridized carbons (Fsp3) is 0.579. The number of morpholine rings is 1. The minimum atomic E-state index is -0.526. The molecule has 0 saturated carbocycles. The molecule has 4 rings (SSSR count). The fourth-order valence-electron chi connectivity index (χ4n) is 3.69. The van der Waals surface area contributed by atoms with Crippen LogP contribution >= 0.6 is 0 Å². The van der Waals surface area contributed by atoms with Crippen LogP contribution in [-0.2, 0) is 26.4 Å². The summed E-state index contributed by atoms with van der Waals surface area (Å²) in [5.41, 5.74) is 7.77. The molecule has 0 spiro atoms. The van der Waals surface area contributed by atoms with Crippen LogP contribution in [0.5, 0.6) is 0 Å². The second-order valence-electron chi connectivity index (χ2n) is 7.41. The fourth-order valence-corrected chi connectivity index (χ4v) is 3.69. The second kappa shape index (κ2) is 7.57. The number of anilines is 2. The molecule has 2 atom stereocenters. The van der Waals surface area contributed by atoms with Crippen molar-refractivity contribution in [3.63, 3.8) is 0 Å². The maximum Gasteiger partial charge on any atom is 0.219 e. The maximum atomic E-state index is 6.20. The van der Waals surface area contributed by atoms with E-state index in [2.05, 4.69) is 28.7 Å². The van der Waals surface area contributed by atoms with Gasteiger partial charge in [-0.1, -0.05) is 0 Å². The highest BCUT2D eigenvalue weighted by atomic mass is 16.5. The lowest BCUT2D eigenvalue weighted by atomic mass is 9.96. The zero-order chi connectivity index (χ0) is 19.7. The van der Waals surface area contributed by atoms with Crippen LogP contribution in [0.4, 0.5) is 11.8 Å². The van der Waals surface area contributed by atoms with Crippen molar-refractivity contribution in [3.05, 3.63) is 23.7 Å². The number of nitrogens with zero attached hydrogens (tertiary/aromatic N) is 5. The highest BCUT2D eigenvalue weighted by Gasteiger charge is 2.41. The van der Waals surface area contributed by atoms with Gasteiger partial charge in [-0.15, -0.1) is 0 Å². The van der Waals surface area contributed by atoms with E-state index in [0.717, 1.165) is 29.2 Å². The van der Waals surface area contributed by atoms with Crippen molar-refractivity contribution in [1.82, 2.24) is 19.9 Å². The summed E-state index contributed by atoms with van der Waals surface area (Å²) < 4.78 is 17.1. The lowest BCUT2D eigenvalue weighted by molar-refractivity contribution is -0.0448. The van der Waals surface area contributed by atoms with Crippen LogP contribution in [0.1, 0.15) is 31.5 Å². The Labute approximate surface area is 164 Å². The summed E-state index contributed by atoms with van der Waals surface area (Å²) in [6, 6.07) is 0.217. The van der Waals surface area contributed by atoms with E-state index >= 15 is 0 Å². The van der Waals surface area contributed by atoms with Gasteiger partial charge in [0.05, 0.1) is 37.1 Å². The molecule has 0 amide bonds. The number of aromatic nitrogens is 4. The van der Waals surface area contributed by atoms with Gasteiger partial charge in [0.2, 0.25) is 5.95 Å². The number of nitrogens with two attached hydrogens (primary N) is 1. The highest BCUT2D eigenvalue weighted by Crippen LogP contribution is 2.42. The van der Waals surface area contributed by atoms with Crippen LogP contribution < -0.4 is 10.6 Å². The zero-order valence-electron chi connectivity index (χ0n) is 16.5. The molecule has 2 N–H and O–H groups in total. The minimum absolute atomic E-state index is 0.217. The Hall–Kier alpha value is -2.36. The van der Waals surface area contributed by atoms with Gasteiger partial charge < -0.3 is 24.8 Å². The molecule has 2 aliphatic rings. The van der Waals surface area contributed by atoms with E-state index in [1.54, 1.807) is 19.5 Å². The molecule has 9 nitrogen and oxygen atoms in total. The van der Waals surface area contributed by atoms with Gasteiger partial charge in [-0.3, -0.25) is 0 Å². The standard InChI is InChI=1S/C19H26N6O3/c1-12-10-27-7-5-25(12)17-14-11-28-19(2,4-6-26-3)15(14)23-16(24-17)13-8-21-18(20)22-9-13/h8-9,12H,4-7,10-11H2,1-3H3,(H2,20,21,22)/t12-,19?/m0/s1. The van der Waals surface area contributed by atoms with Gasteiger partial charge >= 0.3 is 0 Å². The lowest BCUT2D eigenvalue weighted by Crippen LogP contribution is -2.44. The van der Waals surface area contributed by atoms with E-state index in [1.165, 1.54) is 0 Å². The molecule has 2 aliphatic heterocycles. The number of nitrogen functional groups attached to an aromatic ring is 1. The molecule has 28 heavy (non-hydrogen) atoms. The van der Waals surface area contributed by atoms with Crippen LogP contribution in [0.2, 0.25) is 0 Å². The third kappa shape index (κ3) is 3.41. The number of hydrogen-bond donors (Lipinski definition) is 1. The zero-order valence-corrected chi connectivity index (χ0v) is 16.5. The minimum Gasteiger partial charge on any atom is -0.385 e. The Balaban J connectivity index is 1.83. The Kier molecular flexibility index (Phi) is 5.13. The van der Waals surface area contributed by atoms with Gasteiger partial charge in [-0.25, -0.2) is 19.9 Å². The van der Waals surface area contributed by atoms with Gasteiger partial charge in [0.15, 0.2) is 5.82 Å². The van der Waals surface area contributed by atoms with E-state index in [-0.39, 0.29) is 12.0 Å². The topological polar surface area (TPSA) is 109 Å². The normalized spacial score (nSPS) is 24.4. The summed E-state index contributed by atoms with van der Waals surface area (Å²) in [5.74, 6) is 1.69. The monoisotopic (exact) mass is 386 g/mol. The van der Waals surface area contributed by atoms with E-state index in [0.29, 0.717) is 38.7 Å². The molecule has 1 fully saturated rings. The summed E-state index contributed by atoms with van der Waals surface area (Å²) >= 11 is 0. The molecule has 1 saturated heterocycles. The molecule has 0 radical (unpaired) electrons. The Morgan fingerprint density at radius 3 is 2.82 bits per heavy atom. The Morgan fingerprint density at radius 2 is 2.11 bits per heavy atom. The molecular formula is C19H26N6O3. The Bertz CT molecular complexity index is 846. The summed E-state index contributed by atoms with van der Waals surface area (Å²) in [6.07, 6.45) is 4.01. The number of ether oxygens (including phenoxy) is 3. The lowest BCUT2D eigenvalue weighted by Gasteiger charge is -2.35. The van der Waals surface area contributed by atoms with E-state index < -0.39 is 5.60 Å². The molecule has 0 aromatic carbocycles. The molecule has 2 aromatic rings. The first kappa shape index (κ1) is 19.0. The summed E-state index contributed by atoms with van der Waals surface area (Å²) in [7, 11) is 1.69. The van der Waals surface area contributed by atoms with Crippen LogP contribution in [0.3, 0.4) is 0 Å². The number of fused-ring (bicyclic) bond motifs is 1. The van der Waals surface area contributed by atoms with Gasteiger partial charge in [0, 0.05) is 44.6 Å². The Morgan fingerprint density at radius 1 is 1.32 bits per heavy atom. The molecule has 2 aromatic heterocycles. The molecule has 150 valence electrons. The summed E-state index contributed by atoms with van der Waals surface area (Å²) in [6.45, 7) is 7.38. The molecule has 1 unspecified atom stereocenters. The van der Waals surface area contributed by atoms with Crippen molar-refractivity contribution in [2.45, 2.75) is 38.5 Å². The molecule has 9 heteroatoms. The average molecular weight is 386 g/mol. The summed E-state index contributed by atoms with van der Waals surface area (Å²) in [4.78, 5) is 20.2. The van der Waals surface area contributed by atoms with Crippen molar-refractivity contribution < 1.29 is 14.2 Å². The predicted molar refractivity (Wildman–Crippen MR) is 104 cm³/mol. The first-order chi connectivity index (χ1) is 13.5. The van der Waals surface area contributed by atoms with Crippen molar-refractivity contribution >= 4 is 11.8 Å². The third-order valence-electron chi connectivity index (χ3n) is 5.37. The first-order valence-electron chi connectivity index (χ1n) is 9.48. The maximum absolute atomic E-state index is 6.20. The molecular weight excluding hydrogens is 360 g/mol. The van der Waals surface area contributed by atoms with E-state index in [4.69, 9.17) is 29.9 Å². The van der Waals surface area contributed by atoms with Gasteiger partial charge in [0.25, 0.3) is 0 Å².